The van der Waals surface area contributed by atoms with E-state index >= 15 is 0 Å². The Morgan fingerprint density at radius 2 is 1.17 bits per heavy atom. The second kappa shape index (κ2) is 35.1. The molecule has 1 amide bonds. The lowest BCUT2D eigenvalue weighted by molar-refractivity contribution is -0.302. The molecule has 9 nitrogen and oxygen atoms in total. The summed E-state index contributed by atoms with van der Waals surface area (Å²) in [6.45, 7) is 3.57. The number of carbonyl (C=O) groups is 1. The number of carbonyl (C=O) groups excluding carboxylic acids is 1. The summed E-state index contributed by atoms with van der Waals surface area (Å²) in [6.07, 6.45) is 39.5. The van der Waals surface area contributed by atoms with Gasteiger partial charge in [-0.25, -0.2) is 0 Å². The summed E-state index contributed by atoms with van der Waals surface area (Å²) < 4.78 is 11.1. The molecular formula is C45H77NO8. The van der Waals surface area contributed by atoms with E-state index < -0.39 is 49.5 Å². The molecule has 1 heterocycles. The van der Waals surface area contributed by atoms with Crippen molar-refractivity contribution in [1.29, 1.82) is 0 Å². The third kappa shape index (κ3) is 25.7. The van der Waals surface area contributed by atoms with Crippen LogP contribution in [0.2, 0.25) is 0 Å². The third-order valence-corrected chi connectivity index (χ3v) is 9.49. The summed E-state index contributed by atoms with van der Waals surface area (Å²) in [5, 5.41) is 53.9. The molecule has 1 aliphatic rings. The number of hydrogen-bond donors (Lipinski definition) is 6. The van der Waals surface area contributed by atoms with Crippen LogP contribution in [0, 0.1) is 0 Å². The Labute approximate surface area is 328 Å². The van der Waals surface area contributed by atoms with Crippen molar-refractivity contribution in [3.8, 4) is 0 Å². The zero-order valence-corrected chi connectivity index (χ0v) is 33.7. The Kier molecular flexibility index (Phi) is 32.2. The lowest BCUT2D eigenvalue weighted by Crippen LogP contribution is -2.60. The molecule has 1 fully saturated rings. The highest BCUT2D eigenvalue weighted by Gasteiger charge is 2.44. The molecule has 0 aromatic rings. The number of unbranched alkanes of at least 4 members (excludes halogenated alkanes) is 13. The standard InChI is InChI=1S/C45H77NO8/c1-3-5-7-9-11-13-15-16-17-18-19-20-21-22-23-24-25-27-29-31-33-35-41(49)46-38(37-53-45-44(52)43(51)42(50)40(36-47)54-45)39(48)34-32-30-28-26-14-12-10-8-6-4-2/h6,8,14-16,18-19,21-22,26,32,34,38-40,42-45,47-48,50-52H,3-5,7,9-13,17,20,23-25,27-31,33,35-37H2,1-2H3,(H,46,49)/b8-6+,16-15-,19-18-,22-21-,26-14+,34-32+. The van der Waals surface area contributed by atoms with Gasteiger partial charge in [-0.05, 0) is 77.0 Å². The van der Waals surface area contributed by atoms with Crippen LogP contribution in [0.25, 0.3) is 0 Å². The smallest absolute Gasteiger partial charge is 0.220 e. The van der Waals surface area contributed by atoms with Gasteiger partial charge >= 0.3 is 0 Å². The van der Waals surface area contributed by atoms with Gasteiger partial charge in [-0.1, -0.05) is 138 Å². The lowest BCUT2D eigenvalue weighted by Gasteiger charge is -2.40. The van der Waals surface area contributed by atoms with Crippen molar-refractivity contribution in [3.05, 3.63) is 72.9 Å². The summed E-state index contributed by atoms with van der Waals surface area (Å²) in [7, 11) is 0. The van der Waals surface area contributed by atoms with Gasteiger partial charge in [0.1, 0.15) is 24.4 Å². The minimum absolute atomic E-state index is 0.210. The molecule has 6 N–H and O–H groups in total. The Morgan fingerprint density at radius 3 is 1.76 bits per heavy atom. The SMILES string of the molecule is CC/C=C/CC/C=C/CC/C=C/C(O)C(COC1OC(CO)C(O)C(O)C1O)NC(=O)CCCCCCCC/C=C\C/C=C\C/C=C\CCCCCCC. The van der Waals surface area contributed by atoms with Crippen LogP contribution in [0.3, 0.4) is 0 Å². The molecule has 0 bridgehead atoms. The normalized spacial score (nSPS) is 22.2. The highest BCUT2D eigenvalue weighted by molar-refractivity contribution is 5.76. The molecule has 0 aromatic carbocycles. The molecule has 0 saturated carbocycles. The summed E-state index contributed by atoms with van der Waals surface area (Å²) in [4.78, 5) is 12.9. The highest BCUT2D eigenvalue weighted by atomic mass is 16.7. The van der Waals surface area contributed by atoms with E-state index in [1.54, 1.807) is 6.08 Å². The molecule has 54 heavy (non-hydrogen) atoms. The molecule has 0 spiro atoms. The minimum atomic E-state index is -1.58. The van der Waals surface area contributed by atoms with E-state index in [9.17, 15) is 30.3 Å². The van der Waals surface area contributed by atoms with Crippen LogP contribution in [0.4, 0.5) is 0 Å². The van der Waals surface area contributed by atoms with Gasteiger partial charge in [0.15, 0.2) is 6.29 Å². The van der Waals surface area contributed by atoms with E-state index in [4.69, 9.17) is 9.47 Å². The Bertz CT molecular complexity index is 1070. The van der Waals surface area contributed by atoms with Crippen molar-refractivity contribution in [2.45, 2.75) is 192 Å². The van der Waals surface area contributed by atoms with E-state index in [2.05, 4.69) is 79.9 Å². The highest BCUT2D eigenvalue weighted by Crippen LogP contribution is 2.22. The number of hydrogen-bond acceptors (Lipinski definition) is 8. The number of aliphatic hydroxyl groups is 5. The summed E-state index contributed by atoms with van der Waals surface area (Å²) in [5.74, 6) is -0.210. The van der Waals surface area contributed by atoms with E-state index in [1.165, 1.54) is 38.5 Å². The van der Waals surface area contributed by atoms with Crippen LogP contribution in [-0.2, 0) is 14.3 Å². The fraction of sp³-hybridized carbons (Fsp3) is 0.711. The van der Waals surface area contributed by atoms with Crippen molar-refractivity contribution in [2.75, 3.05) is 13.2 Å². The van der Waals surface area contributed by atoms with E-state index in [1.807, 2.05) is 6.08 Å². The van der Waals surface area contributed by atoms with Gasteiger partial charge in [-0.15, -0.1) is 0 Å². The van der Waals surface area contributed by atoms with Gasteiger partial charge in [0, 0.05) is 6.42 Å². The zero-order valence-electron chi connectivity index (χ0n) is 33.7. The van der Waals surface area contributed by atoms with E-state index in [0.29, 0.717) is 6.42 Å². The quantitative estimate of drug-likeness (QED) is 0.0290. The number of amides is 1. The van der Waals surface area contributed by atoms with Crippen LogP contribution in [-0.4, -0.2) is 87.5 Å². The number of allylic oxidation sites excluding steroid dienone is 11. The fourth-order valence-electron chi connectivity index (χ4n) is 6.08. The summed E-state index contributed by atoms with van der Waals surface area (Å²) in [5.41, 5.74) is 0. The van der Waals surface area contributed by atoms with Gasteiger partial charge in [0.2, 0.25) is 5.91 Å². The largest absolute Gasteiger partial charge is 0.394 e. The maximum absolute atomic E-state index is 12.9. The molecule has 9 heteroatoms. The number of nitrogens with one attached hydrogen (secondary N) is 1. The predicted molar refractivity (Wildman–Crippen MR) is 221 cm³/mol. The van der Waals surface area contributed by atoms with Crippen LogP contribution in [0.5, 0.6) is 0 Å². The van der Waals surface area contributed by atoms with Crippen molar-refractivity contribution >= 4 is 5.91 Å². The van der Waals surface area contributed by atoms with Crippen molar-refractivity contribution in [1.82, 2.24) is 5.32 Å². The monoisotopic (exact) mass is 760 g/mol. The van der Waals surface area contributed by atoms with Gasteiger partial charge in [0.25, 0.3) is 0 Å². The average molecular weight is 760 g/mol. The second-order valence-electron chi connectivity index (χ2n) is 14.4. The van der Waals surface area contributed by atoms with Crippen LogP contribution >= 0.6 is 0 Å². The lowest BCUT2D eigenvalue weighted by atomic mass is 9.99. The van der Waals surface area contributed by atoms with Gasteiger partial charge in [0.05, 0.1) is 25.4 Å². The Hall–Kier alpha value is -2.37. The minimum Gasteiger partial charge on any atom is -0.394 e. The Balaban J connectivity index is 2.37. The van der Waals surface area contributed by atoms with Crippen molar-refractivity contribution < 1.29 is 39.8 Å². The molecule has 1 saturated heterocycles. The molecule has 310 valence electrons. The van der Waals surface area contributed by atoms with Gasteiger partial charge in [-0.2, -0.15) is 0 Å². The van der Waals surface area contributed by atoms with Gasteiger partial charge in [-0.3, -0.25) is 4.79 Å². The maximum atomic E-state index is 12.9. The molecule has 0 radical (unpaired) electrons. The topological polar surface area (TPSA) is 149 Å². The Morgan fingerprint density at radius 1 is 0.648 bits per heavy atom. The second-order valence-corrected chi connectivity index (χ2v) is 14.4. The fourth-order valence-corrected chi connectivity index (χ4v) is 6.08. The molecular weight excluding hydrogens is 682 g/mol. The van der Waals surface area contributed by atoms with Crippen molar-refractivity contribution in [3.63, 3.8) is 0 Å². The first kappa shape index (κ1) is 49.6. The summed E-state index contributed by atoms with van der Waals surface area (Å²) in [6, 6.07) is -0.836. The molecule has 7 atom stereocenters. The third-order valence-electron chi connectivity index (χ3n) is 9.49. The number of rotatable bonds is 33. The van der Waals surface area contributed by atoms with E-state index in [0.717, 1.165) is 89.9 Å². The van der Waals surface area contributed by atoms with Crippen LogP contribution < -0.4 is 5.32 Å². The zero-order chi connectivity index (χ0) is 39.5. The number of ether oxygens (including phenoxy) is 2. The first-order valence-electron chi connectivity index (χ1n) is 21.2. The van der Waals surface area contributed by atoms with Crippen molar-refractivity contribution in [2.24, 2.45) is 0 Å². The van der Waals surface area contributed by atoms with Gasteiger partial charge < -0.3 is 40.3 Å². The van der Waals surface area contributed by atoms with E-state index in [-0.39, 0.29) is 12.5 Å². The molecule has 1 aliphatic heterocycles. The molecule has 7 unspecified atom stereocenters. The predicted octanol–water partition coefficient (Wildman–Crippen LogP) is 8.22. The maximum Gasteiger partial charge on any atom is 0.220 e. The first-order chi connectivity index (χ1) is 26.3. The molecule has 0 aromatic heterocycles. The van der Waals surface area contributed by atoms with Crippen LogP contribution in [0.15, 0.2) is 72.9 Å². The average Bonchev–Trinajstić information content (AvgIpc) is 3.17. The molecule has 0 aliphatic carbocycles. The summed E-state index contributed by atoms with van der Waals surface area (Å²) >= 11 is 0. The first-order valence-corrected chi connectivity index (χ1v) is 21.2. The molecule has 1 rings (SSSR count). The number of aliphatic hydroxyl groups excluding tert-OH is 5. The van der Waals surface area contributed by atoms with Crippen LogP contribution in [0.1, 0.15) is 149 Å².